The van der Waals surface area contributed by atoms with E-state index in [1.54, 1.807) is 0 Å². The summed E-state index contributed by atoms with van der Waals surface area (Å²) in [6, 6.07) is 3.26. The van der Waals surface area contributed by atoms with Gasteiger partial charge in [-0.3, -0.25) is 9.80 Å². The lowest BCUT2D eigenvalue weighted by molar-refractivity contribution is 0.0506. The zero-order valence-corrected chi connectivity index (χ0v) is 14.1. The largest absolute Gasteiger partial charge is 0.360 e. The molecule has 0 amide bonds. The van der Waals surface area contributed by atoms with Crippen LogP contribution >= 0.6 is 0 Å². The molecule has 0 spiro atoms. The first-order chi connectivity index (χ1) is 9.95. The fourth-order valence-electron chi connectivity index (χ4n) is 2.87. The number of nitrogens with one attached hydrogen (secondary N) is 1. The van der Waals surface area contributed by atoms with Gasteiger partial charge in [-0.15, -0.1) is 0 Å². The molecule has 1 aliphatic rings. The van der Waals surface area contributed by atoms with Crippen LogP contribution in [0.25, 0.3) is 0 Å². The molecule has 5 heteroatoms. The van der Waals surface area contributed by atoms with Crippen molar-refractivity contribution < 1.29 is 4.52 Å². The van der Waals surface area contributed by atoms with Crippen LogP contribution in [0.5, 0.6) is 0 Å². The van der Waals surface area contributed by atoms with E-state index in [1.165, 1.54) is 0 Å². The lowest BCUT2D eigenvalue weighted by atomic mass is 10.1. The van der Waals surface area contributed by atoms with Crippen molar-refractivity contribution in [3.63, 3.8) is 0 Å². The average Bonchev–Trinajstić information content (AvgIpc) is 2.83. The summed E-state index contributed by atoms with van der Waals surface area (Å²) < 4.78 is 5.48. The quantitative estimate of drug-likeness (QED) is 0.869. The van der Waals surface area contributed by atoms with Gasteiger partial charge in [0, 0.05) is 37.8 Å². The van der Waals surface area contributed by atoms with Crippen molar-refractivity contribution in [1.29, 1.82) is 0 Å². The van der Waals surface area contributed by atoms with E-state index < -0.39 is 0 Å². The van der Waals surface area contributed by atoms with E-state index >= 15 is 0 Å². The van der Waals surface area contributed by atoms with Crippen molar-refractivity contribution in [3.8, 4) is 0 Å². The minimum atomic E-state index is 0.587. The molecule has 5 nitrogen and oxygen atoms in total. The van der Waals surface area contributed by atoms with Crippen LogP contribution in [-0.4, -0.2) is 53.7 Å². The molecule has 2 unspecified atom stereocenters. The smallest absolute Gasteiger partial charge is 0.151 e. The van der Waals surface area contributed by atoms with Crippen LogP contribution in [0.2, 0.25) is 0 Å². The molecular formula is C16H30N4O. The van der Waals surface area contributed by atoms with Crippen LogP contribution in [0.4, 0.5) is 0 Å². The normalized spacial score (nSPS) is 24.9. The molecule has 1 saturated heterocycles. The summed E-state index contributed by atoms with van der Waals surface area (Å²) in [4.78, 5) is 4.90. The summed E-state index contributed by atoms with van der Waals surface area (Å²) in [5, 5.41) is 7.55. The van der Waals surface area contributed by atoms with Gasteiger partial charge in [0.2, 0.25) is 0 Å². The topological polar surface area (TPSA) is 44.5 Å². The fraction of sp³-hybridized carbons (Fsp3) is 0.812. The van der Waals surface area contributed by atoms with Crippen LogP contribution in [0.15, 0.2) is 10.6 Å². The number of piperazine rings is 1. The second-order valence-corrected chi connectivity index (χ2v) is 6.87. The molecule has 0 bridgehead atoms. The highest BCUT2D eigenvalue weighted by atomic mass is 16.5. The SMILES string of the molecule is CC(C)CNCc1cc(CN2CC(C)N(C)C(C)C2)on1. The first-order valence-corrected chi connectivity index (χ1v) is 8.05. The molecule has 2 atom stereocenters. The number of hydrogen-bond donors (Lipinski definition) is 1. The molecule has 1 N–H and O–H groups in total. The lowest BCUT2D eigenvalue weighted by Crippen LogP contribution is -2.54. The molecule has 0 saturated carbocycles. The molecule has 1 aromatic heterocycles. The minimum Gasteiger partial charge on any atom is -0.360 e. The maximum Gasteiger partial charge on any atom is 0.151 e. The summed E-state index contributed by atoms with van der Waals surface area (Å²) >= 11 is 0. The fourth-order valence-corrected chi connectivity index (χ4v) is 2.87. The van der Waals surface area contributed by atoms with Crippen molar-refractivity contribution in [2.45, 2.75) is 52.9 Å². The molecule has 0 aromatic carbocycles. The van der Waals surface area contributed by atoms with E-state index in [2.05, 4.69) is 61.1 Å². The molecular weight excluding hydrogens is 264 g/mol. The highest BCUT2D eigenvalue weighted by Gasteiger charge is 2.27. The summed E-state index contributed by atoms with van der Waals surface area (Å²) in [5.74, 6) is 1.63. The second-order valence-electron chi connectivity index (χ2n) is 6.87. The highest BCUT2D eigenvalue weighted by molar-refractivity contribution is 5.05. The average molecular weight is 294 g/mol. The molecule has 1 aromatic rings. The van der Waals surface area contributed by atoms with Crippen LogP contribution < -0.4 is 5.32 Å². The first-order valence-electron chi connectivity index (χ1n) is 8.05. The van der Waals surface area contributed by atoms with E-state index in [4.69, 9.17) is 4.52 Å². The van der Waals surface area contributed by atoms with Crippen molar-refractivity contribution in [1.82, 2.24) is 20.3 Å². The first kappa shape index (κ1) is 16.5. The van der Waals surface area contributed by atoms with E-state index in [0.29, 0.717) is 18.0 Å². The van der Waals surface area contributed by atoms with Crippen molar-refractivity contribution in [3.05, 3.63) is 17.5 Å². The van der Waals surface area contributed by atoms with Gasteiger partial charge in [0.1, 0.15) is 0 Å². The van der Waals surface area contributed by atoms with Gasteiger partial charge in [-0.05, 0) is 33.4 Å². The maximum atomic E-state index is 5.48. The Balaban J connectivity index is 1.82. The third-order valence-electron chi connectivity index (χ3n) is 4.28. The summed E-state index contributed by atoms with van der Waals surface area (Å²) in [7, 11) is 2.21. The van der Waals surface area contributed by atoms with Crippen LogP contribution in [0, 0.1) is 5.92 Å². The Kier molecular flexibility index (Phi) is 5.79. The molecule has 1 fully saturated rings. The van der Waals surface area contributed by atoms with E-state index in [-0.39, 0.29) is 0 Å². The summed E-state index contributed by atoms with van der Waals surface area (Å²) in [6.45, 7) is 13.8. The highest BCUT2D eigenvalue weighted by Crippen LogP contribution is 2.16. The number of aromatic nitrogens is 1. The Morgan fingerprint density at radius 2 is 2.00 bits per heavy atom. The van der Waals surface area contributed by atoms with Crippen molar-refractivity contribution >= 4 is 0 Å². The van der Waals surface area contributed by atoms with E-state index in [0.717, 1.165) is 44.2 Å². The van der Waals surface area contributed by atoms with Crippen LogP contribution in [0.1, 0.15) is 39.1 Å². The Morgan fingerprint density at radius 3 is 2.62 bits per heavy atom. The molecule has 1 aliphatic heterocycles. The second kappa shape index (κ2) is 7.38. The monoisotopic (exact) mass is 294 g/mol. The predicted octanol–water partition coefficient (Wildman–Crippen LogP) is 1.94. The number of nitrogens with zero attached hydrogens (tertiary/aromatic N) is 3. The molecule has 120 valence electrons. The molecule has 2 heterocycles. The van der Waals surface area contributed by atoms with Gasteiger partial charge in [0.15, 0.2) is 5.76 Å². The van der Waals surface area contributed by atoms with Gasteiger partial charge in [-0.25, -0.2) is 0 Å². The third-order valence-corrected chi connectivity index (χ3v) is 4.28. The molecule has 0 radical (unpaired) electrons. The van der Waals surface area contributed by atoms with Gasteiger partial charge in [-0.2, -0.15) is 0 Å². The van der Waals surface area contributed by atoms with Crippen molar-refractivity contribution in [2.24, 2.45) is 5.92 Å². The minimum absolute atomic E-state index is 0.587. The van der Waals surface area contributed by atoms with E-state index in [1.807, 2.05) is 0 Å². The predicted molar refractivity (Wildman–Crippen MR) is 85.0 cm³/mol. The van der Waals surface area contributed by atoms with Gasteiger partial charge >= 0.3 is 0 Å². The number of hydrogen-bond acceptors (Lipinski definition) is 5. The lowest BCUT2D eigenvalue weighted by Gasteiger charge is -2.42. The summed E-state index contributed by atoms with van der Waals surface area (Å²) in [5.41, 5.74) is 1.00. The van der Waals surface area contributed by atoms with Crippen molar-refractivity contribution in [2.75, 3.05) is 26.7 Å². The molecule has 0 aliphatic carbocycles. The number of likely N-dealkylation sites (N-methyl/N-ethyl adjacent to an activating group) is 1. The molecule has 21 heavy (non-hydrogen) atoms. The zero-order valence-electron chi connectivity index (χ0n) is 14.1. The standard InChI is InChI=1S/C16H30N4O/c1-12(2)7-17-8-15-6-16(21-18-15)11-20-9-13(3)19(5)14(4)10-20/h6,12-14,17H,7-11H2,1-5H3. The maximum absolute atomic E-state index is 5.48. The Labute approximate surface area is 128 Å². The number of rotatable bonds is 6. The Bertz CT molecular complexity index is 420. The summed E-state index contributed by atoms with van der Waals surface area (Å²) in [6.07, 6.45) is 0. The van der Waals surface area contributed by atoms with Gasteiger partial charge < -0.3 is 9.84 Å². The third kappa shape index (κ3) is 4.80. The van der Waals surface area contributed by atoms with Gasteiger partial charge in [0.25, 0.3) is 0 Å². The van der Waals surface area contributed by atoms with Crippen LogP contribution in [-0.2, 0) is 13.1 Å². The van der Waals surface area contributed by atoms with Gasteiger partial charge in [-0.1, -0.05) is 19.0 Å². The molecule has 2 rings (SSSR count). The Morgan fingerprint density at radius 1 is 1.33 bits per heavy atom. The van der Waals surface area contributed by atoms with Crippen LogP contribution in [0.3, 0.4) is 0 Å². The zero-order chi connectivity index (χ0) is 15.4. The van der Waals surface area contributed by atoms with E-state index in [9.17, 15) is 0 Å². The Hall–Kier alpha value is -0.910. The van der Waals surface area contributed by atoms with Gasteiger partial charge in [0.05, 0.1) is 12.2 Å².